The Morgan fingerprint density at radius 3 is 2.44 bits per heavy atom. The second-order valence-electron chi connectivity index (χ2n) is 1.35. The van der Waals surface area contributed by atoms with Crippen molar-refractivity contribution in [1.82, 2.24) is 0 Å². The smallest absolute Gasteiger partial charge is 0.229 e. The van der Waals surface area contributed by atoms with Crippen molar-refractivity contribution in [3.63, 3.8) is 0 Å². The van der Waals surface area contributed by atoms with Crippen molar-refractivity contribution in [2.75, 3.05) is 0 Å². The summed E-state index contributed by atoms with van der Waals surface area (Å²) in [4.78, 5) is 13.5. The van der Waals surface area contributed by atoms with Crippen LogP contribution in [0.2, 0.25) is 0 Å². The Bertz CT molecular complexity index is 195. The first kappa shape index (κ1) is 7.64. The van der Waals surface area contributed by atoms with Crippen molar-refractivity contribution in [2.24, 2.45) is 0 Å². The Hall–Kier alpha value is -1.36. The molecule has 0 aromatic carbocycles. The molecule has 9 heavy (non-hydrogen) atoms. The number of hydrogen-bond acceptors (Lipinski definition) is 1. The molecule has 0 aromatic heterocycles. The first-order valence-corrected chi connectivity index (χ1v) is 2.46. The summed E-state index contributed by atoms with van der Waals surface area (Å²) in [6.07, 6.45) is 2.60. The fourth-order valence-corrected chi connectivity index (χ4v) is 0.366. The largest absolute Gasteiger partial charge is 0.303 e. The van der Waals surface area contributed by atoms with Crippen LogP contribution in [0.4, 0.5) is 0 Å². The summed E-state index contributed by atoms with van der Waals surface area (Å²) in [7, 11) is 0. The van der Waals surface area contributed by atoms with Crippen LogP contribution in [-0.2, 0) is 4.79 Å². The molecule has 2 nitrogen and oxygen atoms in total. The van der Waals surface area contributed by atoms with Gasteiger partial charge in [0.25, 0.3) is 0 Å². The predicted molar refractivity (Wildman–Crippen MR) is 35.6 cm³/mol. The van der Waals surface area contributed by atoms with Gasteiger partial charge in [-0.15, -0.1) is 0 Å². The highest BCUT2D eigenvalue weighted by Crippen LogP contribution is 1.97. The van der Waals surface area contributed by atoms with Gasteiger partial charge in [0.05, 0.1) is 6.57 Å². The molecule has 0 bridgehead atoms. The average molecular weight is 121 g/mol. The molecule has 0 aliphatic rings. The maximum Gasteiger partial charge on any atom is 0.229 e. The van der Waals surface area contributed by atoms with E-state index in [9.17, 15) is 4.79 Å². The summed E-state index contributed by atoms with van der Waals surface area (Å²) in [5.74, 6) is -0.312. The highest BCUT2D eigenvalue weighted by molar-refractivity contribution is 6.04. The zero-order valence-corrected chi connectivity index (χ0v) is 5.22. The number of carbonyl (C=O) groups excluding carboxylic acids is 1. The van der Waals surface area contributed by atoms with E-state index in [4.69, 9.17) is 6.57 Å². The first-order valence-electron chi connectivity index (χ1n) is 2.46. The molecule has 0 aromatic rings. The SMILES string of the molecule is [C-]#[N+]C(=CC)C(=O)C=C. The molecule has 0 aliphatic heterocycles. The van der Waals surface area contributed by atoms with E-state index >= 15 is 0 Å². The maximum absolute atomic E-state index is 10.6. The lowest BCUT2D eigenvalue weighted by Crippen LogP contribution is -1.91. The van der Waals surface area contributed by atoms with Crippen LogP contribution in [0.3, 0.4) is 0 Å². The van der Waals surface area contributed by atoms with Gasteiger partial charge in [-0.25, -0.2) is 4.85 Å². The molecule has 0 atom stereocenters. The fourth-order valence-electron chi connectivity index (χ4n) is 0.366. The lowest BCUT2D eigenvalue weighted by atomic mass is 10.3. The summed E-state index contributed by atoms with van der Waals surface area (Å²) in [6, 6.07) is 0. The summed E-state index contributed by atoms with van der Waals surface area (Å²) in [5.41, 5.74) is 0.130. The topological polar surface area (TPSA) is 21.4 Å². The molecule has 0 aliphatic carbocycles. The standard InChI is InChI=1S/C7H7NO/c1-4-6(8-3)7(9)5-2/h4-5H,2H2,1H3. The molecule has 46 valence electrons. The second kappa shape index (κ2) is 3.62. The van der Waals surface area contributed by atoms with Crippen molar-refractivity contribution in [3.8, 4) is 0 Å². The number of allylic oxidation sites excluding steroid dienone is 2. The molecule has 0 amide bonds. The molecule has 0 saturated heterocycles. The van der Waals surface area contributed by atoms with Crippen LogP contribution in [0, 0.1) is 6.57 Å². The first-order chi connectivity index (χ1) is 4.26. The molecular weight excluding hydrogens is 114 g/mol. The molecule has 0 unspecified atom stereocenters. The van der Waals surface area contributed by atoms with Gasteiger partial charge in [0.1, 0.15) is 0 Å². The van der Waals surface area contributed by atoms with Crippen LogP contribution >= 0.6 is 0 Å². The van der Waals surface area contributed by atoms with Crippen LogP contribution < -0.4 is 0 Å². The van der Waals surface area contributed by atoms with Gasteiger partial charge in [-0.05, 0) is 6.08 Å². The highest BCUT2D eigenvalue weighted by atomic mass is 16.1. The van der Waals surface area contributed by atoms with E-state index in [0.717, 1.165) is 6.08 Å². The molecule has 0 rings (SSSR count). The van der Waals surface area contributed by atoms with Crippen molar-refractivity contribution < 1.29 is 4.79 Å². The monoisotopic (exact) mass is 121 g/mol. The van der Waals surface area contributed by atoms with Crippen LogP contribution in [0.1, 0.15) is 6.92 Å². The van der Waals surface area contributed by atoms with E-state index < -0.39 is 0 Å². The van der Waals surface area contributed by atoms with Crippen molar-refractivity contribution in [1.29, 1.82) is 0 Å². The van der Waals surface area contributed by atoms with Gasteiger partial charge in [-0.1, -0.05) is 19.6 Å². The maximum atomic E-state index is 10.6. The number of nitrogens with zero attached hydrogens (tertiary/aromatic N) is 1. The third-order valence-electron chi connectivity index (χ3n) is 0.832. The number of hydrogen-bond donors (Lipinski definition) is 0. The Kier molecular flexibility index (Phi) is 3.07. The van der Waals surface area contributed by atoms with Crippen molar-refractivity contribution in [2.45, 2.75) is 6.92 Å². The van der Waals surface area contributed by atoms with E-state index in [1.807, 2.05) is 0 Å². The molecular formula is C7H7NO. The fraction of sp³-hybridized carbons (Fsp3) is 0.143. The van der Waals surface area contributed by atoms with Crippen molar-refractivity contribution in [3.05, 3.63) is 35.8 Å². The minimum Gasteiger partial charge on any atom is -0.303 e. The Morgan fingerprint density at radius 2 is 2.33 bits per heavy atom. The normalized spacial score (nSPS) is 10.0. The number of ketones is 1. The summed E-state index contributed by atoms with van der Waals surface area (Å²) in [5, 5.41) is 0. The van der Waals surface area contributed by atoms with E-state index in [1.54, 1.807) is 6.92 Å². The molecule has 0 saturated carbocycles. The van der Waals surface area contributed by atoms with Gasteiger partial charge < -0.3 is 4.79 Å². The highest BCUT2D eigenvalue weighted by Gasteiger charge is 2.00. The van der Waals surface area contributed by atoms with Gasteiger partial charge in [0, 0.05) is 0 Å². The van der Waals surface area contributed by atoms with Gasteiger partial charge in [-0.3, -0.25) is 0 Å². The number of carbonyl (C=O) groups is 1. The van der Waals surface area contributed by atoms with Crippen LogP contribution in [0.15, 0.2) is 24.4 Å². The van der Waals surface area contributed by atoms with Crippen LogP contribution in [-0.4, -0.2) is 5.78 Å². The van der Waals surface area contributed by atoms with Crippen LogP contribution in [0.25, 0.3) is 4.85 Å². The zero-order chi connectivity index (χ0) is 7.28. The van der Waals surface area contributed by atoms with Crippen molar-refractivity contribution >= 4 is 5.78 Å². The number of rotatable bonds is 2. The quantitative estimate of drug-likeness (QED) is 0.401. The minimum absolute atomic E-state index is 0.130. The minimum atomic E-state index is -0.312. The van der Waals surface area contributed by atoms with Crippen LogP contribution in [0.5, 0.6) is 0 Å². The Morgan fingerprint density at radius 1 is 1.78 bits per heavy atom. The third-order valence-corrected chi connectivity index (χ3v) is 0.832. The van der Waals surface area contributed by atoms with Gasteiger partial charge in [-0.2, -0.15) is 0 Å². The summed E-state index contributed by atoms with van der Waals surface area (Å²) < 4.78 is 0. The zero-order valence-electron chi connectivity index (χ0n) is 5.22. The molecule has 0 fully saturated rings. The van der Waals surface area contributed by atoms with Gasteiger partial charge in [0.2, 0.25) is 5.70 Å². The van der Waals surface area contributed by atoms with E-state index in [1.165, 1.54) is 6.08 Å². The predicted octanol–water partition coefficient (Wildman–Crippen LogP) is 1.56. The molecule has 0 spiro atoms. The van der Waals surface area contributed by atoms with E-state index in [-0.39, 0.29) is 11.5 Å². The molecule has 0 radical (unpaired) electrons. The third kappa shape index (κ3) is 1.92. The Balaban J connectivity index is 4.37. The van der Waals surface area contributed by atoms with Gasteiger partial charge in [0.15, 0.2) is 5.78 Å². The van der Waals surface area contributed by atoms with E-state index in [0.29, 0.717) is 0 Å². The molecule has 0 heterocycles. The Labute approximate surface area is 54.3 Å². The second-order valence-corrected chi connectivity index (χ2v) is 1.35. The van der Waals surface area contributed by atoms with Gasteiger partial charge >= 0.3 is 0 Å². The summed E-state index contributed by atoms with van der Waals surface area (Å²) in [6.45, 7) is 11.4. The molecule has 0 N–H and O–H groups in total. The summed E-state index contributed by atoms with van der Waals surface area (Å²) >= 11 is 0. The lowest BCUT2D eigenvalue weighted by molar-refractivity contribution is -0.111. The van der Waals surface area contributed by atoms with E-state index in [2.05, 4.69) is 11.4 Å². The molecule has 2 heteroatoms. The lowest BCUT2D eigenvalue weighted by Gasteiger charge is -1.84. The average Bonchev–Trinajstić information content (AvgIpc) is 1.90.